The van der Waals surface area contributed by atoms with Crippen LogP contribution in [-0.2, 0) is 4.79 Å². The molecule has 0 heterocycles. The van der Waals surface area contributed by atoms with E-state index < -0.39 is 11.5 Å². The summed E-state index contributed by atoms with van der Waals surface area (Å²) < 4.78 is 0. The largest absolute Gasteiger partial charge is 0.480 e. The number of likely N-dealkylation sites (N-methyl/N-ethyl adjacent to an activating group) is 1. The van der Waals surface area contributed by atoms with E-state index in [1.807, 2.05) is 6.92 Å². The van der Waals surface area contributed by atoms with Crippen molar-refractivity contribution in [2.75, 3.05) is 6.54 Å². The molecule has 0 aromatic rings. The molecule has 0 saturated heterocycles. The first kappa shape index (κ1) is 11.5. The predicted molar refractivity (Wildman–Crippen MR) is 56.3 cm³/mol. The smallest absolute Gasteiger partial charge is 0.323 e. The first-order chi connectivity index (χ1) is 6.60. The molecule has 2 N–H and O–H groups in total. The summed E-state index contributed by atoms with van der Waals surface area (Å²) in [6, 6.07) is 0. The highest BCUT2D eigenvalue weighted by Crippen LogP contribution is 2.30. The fraction of sp³-hybridized carbons (Fsp3) is 0.909. The summed E-state index contributed by atoms with van der Waals surface area (Å²) >= 11 is 0. The highest BCUT2D eigenvalue weighted by molar-refractivity contribution is 5.78. The molecule has 2 unspecified atom stereocenters. The van der Waals surface area contributed by atoms with Crippen LogP contribution in [0.4, 0.5) is 0 Å². The van der Waals surface area contributed by atoms with E-state index in [-0.39, 0.29) is 0 Å². The maximum absolute atomic E-state index is 11.3. The van der Waals surface area contributed by atoms with Gasteiger partial charge in [0.05, 0.1) is 0 Å². The summed E-state index contributed by atoms with van der Waals surface area (Å²) in [7, 11) is 0. The quantitative estimate of drug-likeness (QED) is 0.684. The molecule has 0 bridgehead atoms. The average molecular weight is 199 g/mol. The molecule has 1 rings (SSSR count). The fourth-order valence-corrected chi connectivity index (χ4v) is 2.32. The van der Waals surface area contributed by atoms with E-state index in [1.54, 1.807) is 0 Å². The molecule has 3 heteroatoms. The Morgan fingerprint density at radius 3 is 2.79 bits per heavy atom. The minimum atomic E-state index is -0.673. The molecule has 0 spiro atoms. The van der Waals surface area contributed by atoms with Gasteiger partial charge in [-0.3, -0.25) is 4.79 Å². The molecular formula is C11H21NO2. The lowest BCUT2D eigenvalue weighted by atomic mass is 9.90. The Morgan fingerprint density at radius 2 is 2.21 bits per heavy atom. The molecule has 14 heavy (non-hydrogen) atoms. The summed E-state index contributed by atoms with van der Waals surface area (Å²) in [5, 5.41) is 12.4. The summed E-state index contributed by atoms with van der Waals surface area (Å²) in [5.74, 6) is 0.00308. The van der Waals surface area contributed by atoms with Crippen molar-refractivity contribution in [1.29, 1.82) is 0 Å². The Labute approximate surface area is 85.9 Å². The van der Waals surface area contributed by atoms with E-state index in [9.17, 15) is 9.90 Å². The Balaban J connectivity index is 2.70. The van der Waals surface area contributed by atoms with Crippen LogP contribution in [0.25, 0.3) is 0 Å². The van der Waals surface area contributed by atoms with E-state index >= 15 is 0 Å². The second kappa shape index (κ2) is 4.78. The Kier molecular flexibility index (Phi) is 3.93. The van der Waals surface area contributed by atoms with Crippen LogP contribution < -0.4 is 5.32 Å². The molecule has 1 saturated carbocycles. The molecule has 3 nitrogen and oxygen atoms in total. The lowest BCUT2D eigenvalue weighted by Crippen LogP contribution is -2.51. The number of hydrogen-bond donors (Lipinski definition) is 2. The minimum absolute atomic E-state index is 0.639. The minimum Gasteiger partial charge on any atom is -0.480 e. The topological polar surface area (TPSA) is 49.3 Å². The Hall–Kier alpha value is -0.570. The van der Waals surface area contributed by atoms with Crippen molar-refractivity contribution < 1.29 is 9.90 Å². The SMILES string of the molecule is CCNC1(C(=O)O)CCCC(C)CC1. The second-order valence-corrected chi connectivity index (χ2v) is 4.45. The highest BCUT2D eigenvalue weighted by Gasteiger charge is 2.38. The van der Waals surface area contributed by atoms with Crippen LogP contribution in [0.2, 0.25) is 0 Å². The molecule has 0 aromatic heterocycles. The normalized spacial score (nSPS) is 33.7. The number of rotatable bonds is 3. The van der Waals surface area contributed by atoms with Crippen molar-refractivity contribution in [3.63, 3.8) is 0 Å². The van der Waals surface area contributed by atoms with Gasteiger partial charge in [0.25, 0.3) is 0 Å². The van der Waals surface area contributed by atoms with E-state index in [1.165, 1.54) is 6.42 Å². The summed E-state index contributed by atoms with van der Waals surface area (Å²) in [6.45, 7) is 4.92. The first-order valence-electron chi connectivity index (χ1n) is 5.59. The van der Waals surface area contributed by atoms with E-state index in [0.717, 1.165) is 32.2 Å². The molecule has 0 aromatic carbocycles. The number of nitrogens with one attached hydrogen (secondary N) is 1. The number of carboxylic acid groups (broad SMARTS) is 1. The third-order valence-corrected chi connectivity index (χ3v) is 3.29. The van der Waals surface area contributed by atoms with Crippen molar-refractivity contribution in [3.8, 4) is 0 Å². The summed E-state index contributed by atoms with van der Waals surface area (Å²) in [5.41, 5.74) is -0.639. The summed E-state index contributed by atoms with van der Waals surface area (Å²) in [6.07, 6.45) is 4.78. The lowest BCUT2D eigenvalue weighted by Gasteiger charge is -2.28. The van der Waals surface area contributed by atoms with E-state index in [2.05, 4.69) is 12.2 Å². The van der Waals surface area contributed by atoms with Crippen LogP contribution >= 0.6 is 0 Å². The molecule has 1 aliphatic carbocycles. The van der Waals surface area contributed by atoms with Gasteiger partial charge in [-0.25, -0.2) is 0 Å². The van der Waals surface area contributed by atoms with Crippen LogP contribution in [-0.4, -0.2) is 23.2 Å². The van der Waals surface area contributed by atoms with Gasteiger partial charge in [0.1, 0.15) is 5.54 Å². The monoisotopic (exact) mass is 199 g/mol. The third-order valence-electron chi connectivity index (χ3n) is 3.29. The van der Waals surface area contributed by atoms with Crippen molar-refractivity contribution in [3.05, 3.63) is 0 Å². The van der Waals surface area contributed by atoms with Crippen molar-refractivity contribution in [2.24, 2.45) is 5.92 Å². The molecule has 82 valence electrons. The van der Waals surface area contributed by atoms with Gasteiger partial charge in [-0.1, -0.05) is 26.7 Å². The zero-order valence-corrected chi connectivity index (χ0v) is 9.18. The van der Waals surface area contributed by atoms with Crippen molar-refractivity contribution >= 4 is 5.97 Å². The molecule has 0 aliphatic heterocycles. The summed E-state index contributed by atoms with van der Waals surface area (Å²) in [4.78, 5) is 11.3. The third kappa shape index (κ3) is 2.47. The number of carboxylic acids is 1. The van der Waals surface area contributed by atoms with E-state index in [0.29, 0.717) is 5.92 Å². The standard InChI is InChI=1S/C11H21NO2/c1-3-12-11(10(13)14)7-4-5-9(2)6-8-11/h9,12H,3-8H2,1-2H3,(H,13,14). The van der Waals surface area contributed by atoms with Crippen molar-refractivity contribution in [2.45, 2.75) is 51.5 Å². The van der Waals surface area contributed by atoms with Crippen LogP contribution in [0.3, 0.4) is 0 Å². The molecule has 0 radical (unpaired) electrons. The van der Waals surface area contributed by atoms with Crippen LogP contribution in [0.15, 0.2) is 0 Å². The van der Waals surface area contributed by atoms with Gasteiger partial charge in [0, 0.05) is 0 Å². The van der Waals surface area contributed by atoms with Gasteiger partial charge in [-0.05, 0) is 31.7 Å². The maximum atomic E-state index is 11.3. The first-order valence-corrected chi connectivity index (χ1v) is 5.59. The number of aliphatic carboxylic acids is 1. The molecule has 2 atom stereocenters. The van der Waals surface area contributed by atoms with Gasteiger partial charge in [-0.15, -0.1) is 0 Å². The predicted octanol–water partition coefficient (Wildman–Crippen LogP) is 2.02. The zero-order valence-electron chi connectivity index (χ0n) is 9.18. The molecular weight excluding hydrogens is 178 g/mol. The van der Waals surface area contributed by atoms with E-state index in [4.69, 9.17) is 0 Å². The number of carbonyl (C=O) groups is 1. The second-order valence-electron chi connectivity index (χ2n) is 4.45. The number of hydrogen-bond acceptors (Lipinski definition) is 2. The van der Waals surface area contributed by atoms with Crippen molar-refractivity contribution in [1.82, 2.24) is 5.32 Å². The van der Waals surface area contributed by atoms with Gasteiger partial charge in [0.2, 0.25) is 0 Å². The molecule has 1 aliphatic rings. The van der Waals surface area contributed by atoms with Gasteiger partial charge >= 0.3 is 5.97 Å². The zero-order chi connectivity index (χ0) is 10.6. The van der Waals surface area contributed by atoms with Crippen LogP contribution in [0, 0.1) is 5.92 Å². The van der Waals surface area contributed by atoms with Crippen LogP contribution in [0.1, 0.15) is 46.0 Å². The van der Waals surface area contributed by atoms with Gasteiger partial charge < -0.3 is 10.4 Å². The van der Waals surface area contributed by atoms with Gasteiger partial charge in [0.15, 0.2) is 0 Å². The Bertz CT molecular complexity index is 205. The Morgan fingerprint density at radius 1 is 1.50 bits per heavy atom. The van der Waals surface area contributed by atoms with Crippen LogP contribution in [0.5, 0.6) is 0 Å². The fourth-order valence-electron chi connectivity index (χ4n) is 2.32. The van der Waals surface area contributed by atoms with Gasteiger partial charge in [-0.2, -0.15) is 0 Å². The molecule has 0 amide bonds. The molecule has 1 fully saturated rings. The maximum Gasteiger partial charge on any atom is 0.323 e. The average Bonchev–Trinajstić information content (AvgIpc) is 2.30. The highest BCUT2D eigenvalue weighted by atomic mass is 16.4. The lowest BCUT2D eigenvalue weighted by molar-refractivity contribution is -0.145.